The number of aliphatic hydroxyl groups is 1. The molecule has 1 aromatic carbocycles. The molecule has 1 heterocycles. The Morgan fingerprint density at radius 1 is 1.32 bits per heavy atom. The van der Waals surface area contributed by atoms with Crippen LogP contribution in [0.3, 0.4) is 0 Å². The van der Waals surface area contributed by atoms with E-state index >= 15 is 0 Å². The van der Waals surface area contributed by atoms with Crippen LogP contribution in [0.2, 0.25) is 0 Å². The highest BCUT2D eigenvalue weighted by Crippen LogP contribution is 2.42. The van der Waals surface area contributed by atoms with Gasteiger partial charge in [-0.2, -0.15) is 0 Å². The van der Waals surface area contributed by atoms with Gasteiger partial charge in [-0.1, -0.05) is 0 Å². The summed E-state index contributed by atoms with van der Waals surface area (Å²) in [4.78, 5) is 23.0. The largest absolute Gasteiger partial charge is 0.501 e. The molecule has 1 aliphatic heterocycles. The Hall–Kier alpha value is -2.90. The molecule has 2 rings (SSSR count). The van der Waals surface area contributed by atoms with E-state index in [9.17, 15) is 14.7 Å². The van der Waals surface area contributed by atoms with Gasteiger partial charge < -0.3 is 24.4 Å². The summed E-state index contributed by atoms with van der Waals surface area (Å²) in [7, 11) is 2.87. The molecule has 1 aromatic rings. The van der Waals surface area contributed by atoms with Crippen molar-refractivity contribution >= 4 is 11.9 Å². The van der Waals surface area contributed by atoms with Crippen LogP contribution < -0.4 is 14.8 Å². The number of methoxy groups -OCH3 is 2. The maximum Gasteiger partial charge on any atom is 0.411 e. The topological polar surface area (TPSA) is 114 Å². The number of carboxylic acid groups (broad SMARTS) is 1. The molecule has 0 saturated heterocycles. The summed E-state index contributed by atoms with van der Waals surface area (Å²) in [6, 6.07) is 4.73. The van der Waals surface area contributed by atoms with Crippen LogP contribution in [0.5, 0.6) is 11.5 Å². The summed E-state index contributed by atoms with van der Waals surface area (Å²) in [5.41, 5.74) is -1.34. The lowest BCUT2D eigenvalue weighted by Crippen LogP contribution is -2.32. The van der Waals surface area contributed by atoms with E-state index in [1.54, 1.807) is 12.1 Å². The second-order valence-corrected chi connectivity index (χ2v) is 4.64. The monoisotopic (exact) mass is 309 g/mol. The molecular weight excluding hydrogens is 294 g/mol. The molecule has 1 unspecified atom stereocenters. The molecule has 8 nitrogen and oxygen atoms in total. The number of ether oxygens (including phenoxy) is 3. The molecule has 0 aromatic heterocycles. The average molecular weight is 309 g/mol. The van der Waals surface area contributed by atoms with Crippen LogP contribution in [0.15, 0.2) is 29.8 Å². The maximum absolute atomic E-state index is 12.3. The highest BCUT2D eigenvalue weighted by molar-refractivity contribution is 6.03. The van der Waals surface area contributed by atoms with E-state index in [2.05, 4.69) is 0 Å². The Balaban J connectivity index is 2.49. The molecule has 1 aliphatic rings. The van der Waals surface area contributed by atoms with Gasteiger partial charge in [-0.05, 0) is 25.1 Å². The van der Waals surface area contributed by atoms with Crippen molar-refractivity contribution in [2.75, 3.05) is 14.2 Å². The van der Waals surface area contributed by atoms with Crippen molar-refractivity contribution < 1.29 is 34.0 Å². The van der Waals surface area contributed by atoms with Crippen molar-refractivity contribution in [1.29, 1.82) is 0 Å². The molecule has 0 saturated carbocycles. The van der Waals surface area contributed by atoms with Gasteiger partial charge in [-0.15, -0.1) is 0 Å². The summed E-state index contributed by atoms with van der Waals surface area (Å²) in [5.74, 6) is -1.32. The van der Waals surface area contributed by atoms with Gasteiger partial charge in [0.1, 0.15) is 11.5 Å². The minimum absolute atomic E-state index is 0.299. The molecule has 0 aliphatic carbocycles. The van der Waals surface area contributed by atoms with Crippen molar-refractivity contribution in [3.63, 3.8) is 0 Å². The zero-order valence-corrected chi connectivity index (χ0v) is 12.2. The third-order valence-electron chi connectivity index (χ3n) is 3.31. The highest BCUT2D eigenvalue weighted by atomic mass is 16.5. The first-order chi connectivity index (χ1) is 10.3. The number of benzene rings is 1. The summed E-state index contributed by atoms with van der Waals surface area (Å²) >= 11 is 0. The number of ketones is 1. The number of carbonyl (C=O) groups is 2. The van der Waals surface area contributed by atoms with Gasteiger partial charge in [0.05, 0.1) is 14.2 Å². The lowest BCUT2D eigenvalue weighted by atomic mass is 9.90. The van der Waals surface area contributed by atoms with Crippen LogP contribution >= 0.6 is 0 Å². The Bertz CT molecular complexity index is 667. The summed E-state index contributed by atoms with van der Waals surface area (Å²) < 4.78 is 15.7. The Labute approximate surface area is 125 Å². The Kier molecular flexibility index (Phi) is 3.85. The molecule has 118 valence electrons. The number of amides is 1. The Morgan fingerprint density at radius 2 is 2.00 bits per heavy atom. The van der Waals surface area contributed by atoms with Crippen molar-refractivity contribution in [3.05, 3.63) is 35.4 Å². The van der Waals surface area contributed by atoms with Gasteiger partial charge in [0.2, 0.25) is 17.2 Å². The number of Topliss-reactive ketones (excluding diaryl/α,β-unsaturated/α-hetero) is 1. The van der Waals surface area contributed by atoms with E-state index in [-0.39, 0.29) is 0 Å². The van der Waals surface area contributed by atoms with Gasteiger partial charge in [-0.3, -0.25) is 10.1 Å². The summed E-state index contributed by atoms with van der Waals surface area (Å²) in [6.45, 7) is 1.40. The lowest BCUT2D eigenvalue weighted by Gasteiger charge is -2.25. The van der Waals surface area contributed by atoms with Crippen molar-refractivity contribution in [1.82, 2.24) is 5.32 Å². The zero-order valence-electron chi connectivity index (χ0n) is 12.2. The number of rotatable bonds is 4. The first kappa shape index (κ1) is 15.5. The minimum atomic E-state index is -1.64. The molecule has 0 spiro atoms. The van der Waals surface area contributed by atoms with E-state index in [0.717, 1.165) is 0 Å². The smallest absolute Gasteiger partial charge is 0.411 e. The lowest BCUT2D eigenvalue weighted by molar-refractivity contribution is -0.131. The number of carbonyl (C=O) groups excluding carboxylic acids is 1. The number of hydrogen-bond donors (Lipinski definition) is 3. The first-order valence-electron chi connectivity index (χ1n) is 6.23. The molecule has 3 N–H and O–H groups in total. The number of aliphatic hydroxyl groups excluding tert-OH is 1. The van der Waals surface area contributed by atoms with Crippen molar-refractivity contribution in [2.45, 2.75) is 12.5 Å². The van der Waals surface area contributed by atoms with Gasteiger partial charge in [-0.25, -0.2) is 4.79 Å². The second-order valence-electron chi connectivity index (χ2n) is 4.64. The quantitative estimate of drug-likeness (QED) is 0.772. The van der Waals surface area contributed by atoms with Gasteiger partial charge in [0.25, 0.3) is 5.78 Å². The van der Waals surface area contributed by atoms with Crippen LogP contribution in [0.25, 0.3) is 0 Å². The number of nitrogens with one attached hydrogen (secondary N) is 1. The summed E-state index contributed by atoms with van der Waals surface area (Å²) in [5, 5.41) is 20.4. The molecule has 8 heteroatoms. The zero-order chi connectivity index (χ0) is 16.5. The van der Waals surface area contributed by atoms with Crippen LogP contribution in [-0.2, 0) is 15.1 Å². The van der Waals surface area contributed by atoms with Gasteiger partial charge in [0, 0.05) is 5.56 Å². The van der Waals surface area contributed by atoms with E-state index in [4.69, 9.17) is 19.3 Å². The fourth-order valence-corrected chi connectivity index (χ4v) is 2.17. The average Bonchev–Trinajstić information content (AvgIpc) is 2.71. The third-order valence-corrected chi connectivity index (χ3v) is 3.31. The molecular formula is C14H15NO7. The SMILES string of the molecule is COc1ccc(OC)c(C2(C)OC(NC(=O)O)=C(O)C2=O)c1. The molecule has 0 fully saturated rings. The normalized spacial score (nSPS) is 20.6. The fraction of sp³-hybridized carbons (Fsp3) is 0.286. The van der Waals surface area contributed by atoms with Crippen molar-refractivity contribution in [2.24, 2.45) is 0 Å². The van der Waals surface area contributed by atoms with E-state index in [0.29, 0.717) is 17.1 Å². The van der Waals surface area contributed by atoms with Crippen LogP contribution in [0.1, 0.15) is 12.5 Å². The summed E-state index contributed by atoms with van der Waals surface area (Å²) in [6.07, 6.45) is -1.46. The molecule has 1 amide bonds. The standard InChI is InChI=1S/C14H15NO7/c1-14(8-6-7(20-2)4-5-9(8)21-3)11(17)10(16)12(22-14)15-13(18)19/h4-6,15-16H,1-3H3,(H,18,19). The maximum atomic E-state index is 12.3. The minimum Gasteiger partial charge on any atom is -0.501 e. The molecule has 1 atom stereocenters. The van der Waals surface area contributed by atoms with Crippen LogP contribution in [-0.4, -0.2) is 36.3 Å². The number of hydrogen-bond acceptors (Lipinski definition) is 6. The fourth-order valence-electron chi connectivity index (χ4n) is 2.17. The van der Waals surface area contributed by atoms with Gasteiger partial charge in [0.15, 0.2) is 0 Å². The van der Waals surface area contributed by atoms with E-state index < -0.39 is 29.1 Å². The van der Waals surface area contributed by atoms with Crippen molar-refractivity contribution in [3.8, 4) is 11.5 Å². The third kappa shape index (κ3) is 2.39. The van der Waals surface area contributed by atoms with Crippen LogP contribution in [0.4, 0.5) is 4.79 Å². The molecule has 0 bridgehead atoms. The predicted octanol–water partition coefficient (Wildman–Crippen LogP) is 1.51. The molecule has 22 heavy (non-hydrogen) atoms. The Morgan fingerprint density at radius 3 is 2.55 bits per heavy atom. The second kappa shape index (κ2) is 5.47. The van der Waals surface area contributed by atoms with Gasteiger partial charge >= 0.3 is 6.09 Å². The highest BCUT2D eigenvalue weighted by Gasteiger charge is 2.50. The van der Waals surface area contributed by atoms with E-state index in [1.165, 1.54) is 27.2 Å². The first-order valence-corrected chi connectivity index (χ1v) is 6.23. The van der Waals surface area contributed by atoms with Crippen LogP contribution in [0, 0.1) is 0 Å². The van der Waals surface area contributed by atoms with E-state index in [1.807, 2.05) is 5.32 Å². The molecule has 0 radical (unpaired) electrons. The predicted molar refractivity (Wildman–Crippen MR) is 73.8 cm³/mol.